The lowest BCUT2D eigenvalue weighted by Crippen LogP contribution is -2.50. The first-order valence-corrected chi connectivity index (χ1v) is 9.72. The Morgan fingerprint density at radius 2 is 2.03 bits per heavy atom. The maximum Gasteiger partial charge on any atom is 0.271 e. The maximum absolute atomic E-state index is 12.7. The second-order valence-corrected chi connectivity index (χ2v) is 7.05. The number of nitro benzene ring substituents is 1. The summed E-state index contributed by atoms with van der Waals surface area (Å²) in [5, 5.41) is 16.6. The van der Waals surface area contributed by atoms with Crippen LogP contribution in [0.2, 0.25) is 0 Å². The molecule has 2 N–H and O–H groups in total. The number of carbonyl (C=O) groups excluding carboxylic acids is 2. The number of nitrogens with one attached hydrogen (secondary N) is 2. The summed E-state index contributed by atoms with van der Waals surface area (Å²) in [6.07, 6.45) is 0.0720. The molecular weight excluding hydrogens is 388 g/mol. The Balaban J connectivity index is 1.76. The number of para-hydroxylation sites is 2. The summed E-state index contributed by atoms with van der Waals surface area (Å²) in [5.41, 5.74) is 1.71. The highest BCUT2D eigenvalue weighted by Gasteiger charge is 2.31. The Kier molecular flexibility index (Phi) is 6.51. The molecule has 2 amide bonds. The average Bonchev–Trinajstić information content (AvgIpc) is 2.73. The zero-order chi connectivity index (χ0) is 21.7. The monoisotopic (exact) mass is 412 g/mol. The first-order valence-electron chi connectivity index (χ1n) is 9.72. The van der Waals surface area contributed by atoms with Crippen LogP contribution in [0.3, 0.4) is 0 Å². The van der Waals surface area contributed by atoms with Crippen LogP contribution in [0.5, 0.6) is 5.75 Å². The second-order valence-electron chi connectivity index (χ2n) is 7.05. The number of fused-ring (bicyclic) bond motifs is 1. The van der Waals surface area contributed by atoms with Crippen LogP contribution in [0.1, 0.15) is 18.9 Å². The number of benzene rings is 2. The molecule has 9 heteroatoms. The summed E-state index contributed by atoms with van der Waals surface area (Å²) < 4.78 is 5.82. The molecule has 0 bridgehead atoms. The molecule has 1 atom stereocenters. The molecule has 158 valence electrons. The predicted molar refractivity (Wildman–Crippen MR) is 113 cm³/mol. The van der Waals surface area contributed by atoms with Gasteiger partial charge in [0.05, 0.1) is 29.4 Å². The average molecular weight is 412 g/mol. The molecule has 2 aromatic rings. The number of anilines is 2. The van der Waals surface area contributed by atoms with E-state index in [-0.39, 0.29) is 30.6 Å². The highest BCUT2D eigenvalue weighted by atomic mass is 16.6. The van der Waals surface area contributed by atoms with Gasteiger partial charge in [-0.1, -0.05) is 25.1 Å². The van der Waals surface area contributed by atoms with Gasteiger partial charge in [-0.2, -0.15) is 0 Å². The molecule has 0 unspecified atom stereocenters. The van der Waals surface area contributed by atoms with Gasteiger partial charge in [-0.05, 0) is 31.0 Å². The summed E-state index contributed by atoms with van der Waals surface area (Å²) in [4.78, 5) is 37.4. The molecule has 0 spiro atoms. The fourth-order valence-electron chi connectivity index (χ4n) is 3.18. The summed E-state index contributed by atoms with van der Waals surface area (Å²) in [6.45, 7) is 4.46. The van der Waals surface area contributed by atoms with Gasteiger partial charge in [0, 0.05) is 18.7 Å². The van der Waals surface area contributed by atoms with E-state index in [9.17, 15) is 19.7 Å². The number of nitro groups is 1. The lowest BCUT2D eigenvalue weighted by Gasteiger charge is -2.35. The number of ether oxygens (including phenoxy) is 1. The van der Waals surface area contributed by atoms with Gasteiger partial charge in [0.15, 0.2) is 6.10 Å². The lowest BCUT2D eigenvalue weighted by atomic mass is 10.1. The van der Waals surface area contributed by atoms with E-state index in [1.165, 1.54) is 12.1 Å². The van der Waals surface area contributed by atoms with Gasteiger partial charge in [-0.15, -0.1) is 0 Å². The van der Waals surface area contributed by atoms with E-state index in [4.69, 9.17) is 4.74 Å². The van der Waals surface area contributed by atoms with Gasteiger partial charge in [0.1, 0.15) is 5.75 Å². The molecule has 2 aromatic carbocycles. The molecule has 1 aliphatic rings. The van der Waals surface area contributed by atoms with E-state index in [1.807, 2.05) is 19.1 Å². The zero-order valence-electron chi connectivity index (χ0n) is 16.9. The molecule has 0 saturated heterocycles. The lowest BCUT2D eigenvalue weighted by molar-refractivity contribution is -0.384. The van der Waals surface area contributed by atoms with Crippen molar-refractivity contribution in [1.29, 1.82) is 0 Å². The predicted octanol–water partition coefficient (Wildman–Crippen LogP) is 2.64. The number of rotatable bonds is 7. The SMILES string of the molecule is CCCNC(=O)[C@@H]1CN(CC(=O)Nc2cc([N+](=O)[O-])ccc2C)c2ccccc2O1. The molecule has 1 heterocycles. The topological polar surface area (TPSA) is 114 Å². The number of nitrogens with zero attached hydrogens (tertiary/aromatic N) is 2. The Morgan fingerprint density at radius 3 is 2.77 bits per heavy atom. The molecule has 0 fully saturated rings. The van der Waals surface area contributed by atoms with E-state index in [0.29, 0.717) is 29.2 Å². The highest BCUT2D eigenvalue weighted by molar-refractivity contribution is 5.95. The summed E-state index contributed by atoms with van der Waals surface area (Å²) in [5.74, 6) is -0.0472. The van der Waals surface area contributed by atoms with Crippen molar-refractivity contribution in [3.8, 4) is 5.75 Å². The van der Waals surface area contributed by atoms with Gasteiger partial charge in [0.25, 0.3) is 11.6 Å². The number of carbonyl (C=O) groups is 2. The van der Waals surface area contributed by atoms with Crippen LogP contribution in [0.25, 0.3) is 0 Å². The Bertz CT molecular complexity index is 962. The van der Waals surface area contributed by atoms with Gasteiger partial charge >= 0.3 is 0 Å². The fourth-order valence-corrected chi connectivity index (χ4v) is 3.18. The van der Waals surface area contributed by atoms with E-state index < -0.39 is 11.0 Å². The summed E-state index contributed by atoms with van der Waals surface area (Å²) in [7, 11) is 0. The quantitative estimate of drug-likeness (QED) is 0.534. The first kappa shape index (κ1) is 21.1. The van der Waals surface area contributed by atoms with Crippen molar-refractivity contribution in [2.75, 3.05) is 29.9 Å². The summed E-state index contributed by atoms with van der Waals surface area (Å²) >= 11 is 0. The van der Waals surface area contributed by atoms with Crippen LogP contribution in [0, 0.1) is 17.0 Å². The van der Waals surface area contributed by atoms with Gasteiger partial charge in [-0.3, -0.25) is 19.7 Å². The third kappa shape index (κ3) is 4.86. The third-order valence-electron chi connectivity index (χ3n) is 4.74. The smallest absolute Gasteiger partial charge is 0.271 e. The van der Waals surface area contributed by atoms with E-state index in [0.717, 1.165) is 6.42 Å². The Morgan fingerprint density at radius 1 is 1.27 bits per heavy atom. The highest BCUT2D eigenvalue weighted by Crippen LogP contribution is 2.33. The minimum atomic E-state index is -0.737. The van der Waals surface area contributed by atoms with Crippen LogP contribution >= 0.6 is 0 Å². The Hall–Kier alpha value is -3.62. The van der Waals surface area contributed by atoms with Crippen molar-refractivity contribution in [2.45, 2.75) is 26.4 Å². The van der Waals surface area contributed by atoms with Crippen LogP contribution in [-0.2, 0) is 9.59 Å². The molecule has 0 saturated carbocycles. The number of amides is 2. The number of hydrogen-bond acceptors (Lipinski definition) is 6. The van der Waals surface area contributed by atoms with Crippen LogP contribution in [0.15, 0.2) is 42.5 Å². The molecular formula is C21H24N4O5. The molecule has 1 aliphatic heterocycles. The van der Waals surface area contributed by atoms with E-state index in [1.54, 1.807) is 30.0 Å². The maximum atomic E-state index is 12.7. The standard InChI is InChI=1S/C21H24N4O5/c1-3-10-22-21(27)19-12-24(17-6-4-5-7-18(17)30-19)13-20(26)23-16-11-15(25(28)29)9-8-14(16)2/h4-9,11,19H,3,10,12-13H2,1-2H3,(H,22,27)(H,23,26)/t19-/m0/s1. The molecule has 0 aromatic heterocycles. The normalized spacial score (nSPS) is 15.0. The second kappa shape index (κ2) is 9.25. The number of aryl methyl sites for hydroxylation is 1. The minimum absolute atomic E-state index is 0.0277. The van der Waals surface area contributed by atoms with Crippen molar-refractivity contribution < 1.29 is 19.2 Å². The largest absolute Gasteiger partial charge is 0.477 e. The van der Waals surface area contributed by atoms with E-state index >= 15 is 0 Å². The molecule has 0 aliphatic carbocycles. The zero-order valence-corrected chi connectivity index (χ0v) is 16.9. The van der Waals surface area contributed by atoms with Crippen molar-refractivity contribution >= 4 is 28.9 Å². The Labute approximate surface area is 174 Å². The summed E-state index contributed by atoms with van der Waals surface area (Å²) in [6, 6.07) is 11.5. The van der Waals surface area contributed by atoms with Crippen LogP contribution in [0.4, 0.5) is 17.1 Å². The molecule has 0 radical (unpaired) electrons. The van der Waals surface area contributed by atoms with Gasteiger partial charge in [-0.25, -0.2) is 0 Å². The number of hydrogen-bond donors (Lipinski definition) is 2. The number of non-ortho nitro benzene ring substituents is 1. The van der Waals surface area contributed by atoms with Gasteiger partial charge in [0.2, 0.25) is 5.91 Å². The van der Waals surface area contributed by atoms with Crippen LogP contribution in [-0.4, -0.2) is 42.5 Å². The van der Waals surface area contributed by atoms with E-state index in [2.05, 4.69) is 10.6 Å². The van der Waals surface area contributed by atoms with Crippen molar-refractivity contribution in [3.63, 3.8) is 0 Å². The van der Waals surface area contributed by atoms with Gasteiger partial charge < -0.3 is 20.3 Å². The fraction of sp³-hybridized carbons (Fsp3) is 0.333. The minimum Gasteiger partial charge on any atom is -0.477 e. The molecule has 30 heavy (non-hydrogen) atoms. The third-order valence-corrected chi connectivity index (χ3v) is 4.74. The van der Waals surface area contributed by atoms with Crippen molar-refractivity contribution in [1.82, 2.24) is 5.32 Å². The van der Waals surface area contributed by atoms with Crippen molar-refractivity contribution in [2.24, 2.45) is 0 Å². The van der Waals surface area contributed by atoms with Crippen LogP contribution < -0.4 is 20.3 Å². The van der Waals surface area contributed by atoms with Crippen molar-refractivity contribution in [3.05, 3.63) is 58.1 Å². The molecule has 9 nitrogen and oxygen atoms in total. The first-order chi connectivity index (χ1) is 14.4. The molecule has 3 rings (SSSR count).